The summed E-state index contributed by atoms with van der Waals surface area (Å²) in [5.41, 5.74) is 0. The SMILES string of the molecule is CC1CCC(C(C)C)C(NCc2cc(Br)c(Br)s2)C1. The van der Waals surface area contributed by atoms with E-state index in [4.69, 9.17) is 0 Å². The molecule has 19 heavy (non-hydrogen) atoms. The van der Waals surface area contributed by atoms with E-state index in [0.717, 1.165) is 24.3 Å². The van der Waals surface area contributed by atoms with Crippen molar-refractivity contribution in [3.05, 3.63) is 19.2 Å². The maximum absolute atomic E-state index is 3.81. The fraction of sp³-hybridized carbons (Fsp3) is 0.733. The fourth-order valence-electron chi connectivity index (χ4n) is 3.15. The van der Waals surface area contributed by atoms with Crippen molar-refractivity contribution in [2.24, 2.45) is 17.8 Å². The molecule has 1 fully saturated rings. The molecule has 0 radical (unpaired) electrons. The molecule has 0 aromatic carbocycles. The molecule has 3 atom stereocenters. The number of thiophene rings is 1. The van der Waals surface area contributed by atoms with E-state index in [1.54, 1.807) is 0 Å². The van der Waals surface area contributed by atoms with Crippen LogP contribution < -0.4 is 5.32 Å². The molecule has 1 saturated carbocycles. The molecule has 0 spiro atoms. The second kappa shape index (κ2) is 7.06. The zero-order valence-electron chi connectivity index (χ0n) is 11.9. The molecular weight excluding hydrogens is 386 g/mol. The lowest BCUT2D eigenvalue weighted by molar-refractivity contribution is 0.169. The summed E-state index contributed by atoms with van der Waals surface area (Å²) < 4.78 is 2.37. The highest BCUT2D eigenvalue weighted by Crippen LogP contribution is 2.35. The smallest absolute Gasteiger partial charge is 0.0843 e. The van der Waals surface area contributed by atoms with Crippen molar-refractivity contribution in [2.75, 3.05) is 0 Å². The number of hydrogen-bond acceptors (Lipinski definition) is 2. The maximum Gasteiger partial charge on any atom is 0.0843 e. The van der Waals surface area contributed by atoms with Crippen LogP contribution in [0.25, 0.3) is 0 Å². The van der Waals surface area contributed by atoms with E-state index in [0.29, 0.717) is 6.04 Å². The Bertz CT molecular complexity index is 397. The molecule has 3 unspecified atom stereocenters. The molecule has 1 heterocycles. The molecule has 0 saturated heterocycles. The van der Waals surface area contributed by atoms with Crippen LogP contribution in [0.3, 0.4) is 0 Å². The quantitative estimate of drug-likeness (QED) is 0.661. The lowest BCUT2D eigenvalue weighted by Gasteiger charge is -2.38. The average molecular weight is 409 g/mol. The summed E-state index contributed by atoms with van der Waals surface area (Å²) in [4.78, 5) is 1.40. The third-order valence-electron chi connectivity index (χ3n) is 4.26. The normalized spacial score (nSPS) is 28.0. The Morgan fingerprint density at radius 3 is 2.68 bits per heavy atom. The first-order valence-electron chi connectivity index (χ1n) is 7.14. The highest BCUT2D eigenvalue weighted by molar-refractivity contribution is 9.13. The Morgan fingerprint density at radius 2 is 2.11 bits per heavy atom. The van der Waals surface area contributed by atoms with Gasteiger partial charge >= 0.3 is 0 Å². The fourth-order valence-corrected chi connectivity index (χ4v) is 5.27. The van der Waals surface area contributed by atoms with Gasteiger partial charge in [-0.25, -0.2) is 0 Å². The first-order valence-corrected chi connectivity index (χ1v) is 9.54. The van der Waals surface area contributed by atoms with Crippen molar-refractivity contribution in [1.29, 1.82) is 0 Å². The average Bonchev–Trinajstić information content (AvgIpc) is 2.66. The molecule has 4 heteroatoms. The summed E-state index contributed by atoms with van der Waals surface area (Å²) in [7, 11) is 0. The van der Waals surface area contributed by atoms with Gasteiger partial charge in [0.1, 0.15) is 0 Å². The third-order valence-corrected chi connectivity index (χ3v) is 7.51. The molecule has 1 aliphatic rings. The minimum Gasteiger partial charge on any atom is -0.309 e. The molecule has 2 rings (SSSR count). The second-order valence-corrected chi connectivity index (χ2v) is 9.46. The van der Waals surface area contributed by atoms with E-state index >= 15 is 0 Å². The van der Waals surface area contributed by atoms with Crippen molar-refractivity contribution >= 4 is 43.2 Å². The highest BCUT2D eigenvalue weighted by Gasteiger charge is 2.30. The lowest BCUT2D eigenvalue weighted by Crippen LogP contribution is -2.42. The molecular formula is C15H23Br2NS. The van der Waals surface area contributed by atoms with Crippen LogP contribution >= 0.6 is 43.2 Å². The molecule has 1 N–H and O–H groups in total. The second-order valence-electron chi connectivity index (χ2n) is 6.15. The van der Waals surface area contributed by atoms with Crippen molar-refractivity contribution in [3.8, 4) is 0 Å². The van der Waals surface area contributed by atoms with Gasteiger partial charge in [-0.1, -0.05) is 27.2 Å². The minimum atomic E-state index is 0.684. The first-order chi connectivity index (χ1) is 8.97. The molecule has 0 aliphatic heterocycles. The standard InChI is InChI=1S/C15H23Br2NS/c1-9(2)12-5-4-10(3)6-14(12)18-8-11-7-13(16)15(17)19-11/h7,9-10,12,14,18H,4-6,8H2,1-3H3. The van der Waals surface area contributed by atoms with E-state index < -0.39 is 0 Å². The van der Waals surface area contributed by atoms with E-state index in [2.05, 4.69) is 64.0 Å². The van der Waals surface area contributed by atoms with Crippen molar-refractivity contribution < 1.29 is 0 Å². The molecule has 108 valence electrons. The van der Waals surface area contributed by atoms with Gasteiger partial charge in [-0.2, -0.15) is 0 Å². The first kappa shape index (κ1) is 16.0. The summed E-state index contributed by atoms with van der Waals surface area (Å²) in [5.74, 6) is 2.49. The summed E-state index contributed by atoms with van der Waals surface area (Å²) in [6.07, 6.45) is 4.11. The van der Waals surface area contributed by atoms with Crippen LogP contribution in [0.5, 0.6) is 0 Å². The van der Waals surface area contributed by atoms with Crippen LogP contribution in [-0.4, -0.2) is 6.04 Å². The van der Waals surface area contributed by atoms with Crippen LogP contribution in [-0.2, 0) is 6.54 Å². The molecule has 1 aromatic heterocycles. The zero-order valence-corrected chi connectivity index (χ0v) is 15.9. The third kappa shape index (κ3) is 4.29. The van der Waals surface area contributed by atoms with Crippen LogP contribution in [0.2, 0.25) is 0 Å². The van der Waals surface area contributed by atoms with Gasteiger partial charge < -0.3 is 5.32 Å². The van der Waals surface area contributed by atoms with Gasteiger partial charge in [0, 0.05) is 21.9 Å². The molecule has 1 aromatic rings. The summed E-state index contributed by atoms with van der Waals surface area (Å²) >= 11 is 8.95. The van der Waals surface area contributed by atoms with Crippen LogP contribution in [0.4, 0.5) is 0 Å². The summed E-state index contributed by atoms with van der Waals surface area (Å²) in [6.45, 7) is 8.13. The van der Waals surface area contributed by atoms with Crippen molar-refractivity contribution in [2.45, 2.75) is 52.6 Å². The minimum absolute atomic E-state index is 0.684. The largest absolute Gasteiger partial charge is 0.309 e. The number of hydrogen-bond donors (Lipinski definition) is 1. The van der Waals surface area contributed by atoms with Crippen molar-refractivity contribution in [3.63, 3.8) is 0 Å². The summed E-state index contributed by atoms with van der Waals surface area (Å²) in [6, 6.07) is 2.90. The van der Waals surface area contributed by atoms with Gasteiger partial charge in [-0.3, -0.25) is 0 Å². The van der Waals surface area contributed by atoms with Crippen LogP contribution in [0, 0.1) is 17.8 Å². The van der Waals surface area contributed by atoms with Gasteiger partial charge in [0.25, 0.3) is 0 Å². The van der Waals surface area contributed by atoms with Gasteiger partial charge in [-0.15, -0.1) is 11.3 Å². The van der Waals surface area contributed by atoms with Gasteiger partial charge in [0.15, 0.2) is 0 Å². The Kier molecular flexibility index (Phi) is 5.94. The van der Waals surface area contributed by atoms with E-state index in [9.17, 15) is 0 Å². The maximum atomic E-state index is 3.81. The monoisotopic (exact) mass is 407 g/mol. The van der Waals surface area contributed by atoms with Gasteiger partial charge in [0.2, 0.25) is 0 Å². The Hall–Kier alpha value is 0.620. The Balaban J connectivity index is 1.95. The Labute approximate surface area is 137 Å². The van der Waals surface area contributed by atoms with Gasteiger partial charge in [-0.05, 0) is 68.5 Å². The van der Waals surface area contributed by atoms with Crippen molar-refractivity contribution in [1.82, 2.24) is 5.32 Å². The van der Waals surface area contributed by atoms with Crippen LogP contribution in [0.1, 0.15) is 44.9 Å². The van der Waals surface area contributed by atoms with Gasteiger partial charge in [0.05, 0.1) is 3.79 Å². The number of halogens is 2. The van der Waals surface area contributed by atoms with E-state index in [1.165, 1.54) is 32.4 Å². The molecule has 0 bridgehead atoms. The lowest BCUT2D eigenvalue weighted by atomic mass is 9.74. The van der Waals surface area contributed by atoms with E-state index in [-0.39, 0.29) is 0 Å². The Morgan fingerprint density at radius 1 is 1.37 bits per heavy atom. The molecule has 0 amide bonds. The topological polar surface area (TPSA) is 12.0 Å². The van der Waals surface area contributed by atoms with E-state index in [1.807, 2.05) is 11.3 Å². The highest BCUT2D eigenvalue weighted by atomic mass is 79.9. The predicted molar refractivity (Wildman–Crippen MR) is 91.7 cm³/mol. The summed E-state index contributed by atoms with van der Waals surface area (Å²) in [5, 5.41) is 3.81. The number of nitrogens with one attached hydrogen (secondary N) is 1. The predicted octanol–water partition coefficient (Wildman–Crippen LogP) is 5.82. The molecule has 1 aliphatic carbocycles. The number of rotatable bonds is 4. The zero-order chi connectivity index (χ0) is 14.0. The molecule has 1 nitrogen and oxygen atoms in total. The van der Waals surface area contributed by atoms with Crippen LogP contribution in [0.15, 0.2) is 14.3 Å².